The number of anilines is 1. The highest BCUT2D eigenvalue weighted by molar-refractivity contribution is 7.15. The lowest BCUT2D eigenvalue weighted by molar-refractivity contribution is -0.116. The van der Waals surface area contributed by atoms with Crippen molar-refractivity contribution in [3.63, 3.8) is 0 Å². The van der Waals surface area contributed by atoms with Crippen molar-refractivity contribution in [1.29, 1.82) is 0 Å². The summed E-state index contributed by atoms with van der Waals surface area (Å²) in [6.07, 6.45) is 1.29. The maximum Gasteiger partial charge on any atom is 0.226 e. The van der Waals surface area contributed by atoms with E-state index in [1.807, 2.05) is 44.2 Å². The van der Waals surface area contributed by atoms with Crippen LogP contribution >= 0.6 is 11.3 Å². The molecule has 4 nitrogen and oxygen atoms in total. The molecule has 19 heavy (non-hydrogen) atoms. The summed E-state index contributed by atoms with van der Waals surface area (Å²) in [5.74, 6) is 0.176. The maximum atomic E-state index is 11.9. The van der Waals surface area contributed by atoms with Gasteiger partial charge in [0, 0.05) is 6.42 Å². The second-order valence-corrected chi connectivity index (χ2v) is 5.48. The zero-order valence-corrected chi connectivity index (χ0v) is 11.9. The van der Waals surface area contributed by atoms with Crippen molar-refractivity contribution in [2.45, 2.75) is 32.6 Å². The Morgan fingerprint density at radius 3 is 2.68 bits per heavy atom. The van der Waals surface area contributed by atoms with Crippen LogP contribution in [0.3, 0.4) is 0 Å². The number of benzene rings is 1. The number of aromatic nitrogens is 2. The lowest BCUT2D eigenvalue weighted by atomic mass is 9.98. The van der Waals surface area contributed by atoms with Gasteiger partial charge < -0.3 is 5.32 Å². The van der Waals surface area contributed by atoms with E-state index in [1.165, 1.54) is 16.9 Å². The Morgan fingerprint density at radius 1 is 1.32 bits per heavy atom. The molecule has 100 valence electrons. The third-order valence-electron chi connectivity index (χ3n) is 2.88. The lowest BCUT2D eigenvalue weighted by Gasteiger charge is -2.10. The summed E-state index contributed by atoms with van der Waals surface area (Å²) < 4.78 is 0. The number of carbonyl (C=O) groups excluding carboxylic acids is 1. The Labute approximate surface area is 116 Å². The molecule has 0 saturated heterocycles. The first-order valence-corrected chi connectivity index (χ1v) is 7.18. The number of aryl methyl sites for hydroxylation is 1. The van der Waals surface area contributed by atoms with Crippen LogP contribution in [0.2, 0.25) is 0 Å². The average molecular weight is 275 g/mol. The first-order valence-electron chi connectivity index (χ1n) is 6.36. The van der Waals surface area contributed by atoms with E-state index in [4.69, 9.17) is 0 Å². The fourth-order valence-electron chi connectivity index (χ4n) is 1.79. The van der Waals surface area contributed by atoms with Crippen molar-refractivity contribution in [1.82, 2.24) is 10.2 Å². The van der Waals surface area contributed by atoms with Gasteiger partial charge in [0.1, 0.15) is 5.01 Å². The summed E-state index contributed by atoms with van der Waals surface area (Å²) in [6.45, 7) is 4.07. The van der Waals surface area contributed by atoms with E-state index in [9.17, 15) is 4.79 Å². The van der Waals surface area contributed by atoms with Crippen LogP contribution in [0.1, 0.15) is 36.8 Å². The molecule has 0 aliphatic carbocycles. The van der Waals surface area contributed by atoms with Gasteiger partial charge in [-0.2, -0.15) is 0 Å². The largest absolute Gasteiger partial charge is 0.301 e. The highest BCUT2D eigenvalue weighted by atomic mass is 32.1. The predicted molar refractivity (Wildman–Crippen MR) is 77.4 cm³/mol. The average Bonchev–Trinajstić information content (AvgIpc) is 2.87. The Bertz CT molecular complexity index is 539. The highest BCUT2D eigenvalue weighted by Crippen LogP contribution is 2.20. The number of nitrogens with one attached hydrogen (secondary N) is 1. The molecule has 0 aliphatic rings. The highest BCUT2D eigenvalue weighted by Gasteiger charge is 2.12. The van der Waals surface area contributed by atoms with Crippen molar-refractivity contribution >= 4 is 22.4 Å². The third-order valence-corrected chi connectivity index (χ3v) is 3.86. The summed E-state index contributed by atoms with van der Waals surface area (Å²) in [6, 6.07) is 10.0. The fourth-order valence-corrected chi connectivity index (χ4v) is 2.49. The summed E-state index contributed by atoms with van der Waals surface area (Å²) in [7, 11) is 0. The maximum absolute atomic E-state index is 11.9. The zero-order chi connectivity index (χ0) is 13.7. The van der Waals surface area contributed by atoms with E-state index in [0.29, 0.717) is 11.6 Å². The minimum atomic E-state index is -0.0184. The fraction of sp³-hybridized carbons (Fsp3) is 0.357. The first kappa shape index (κ1) is 13.7. The van der Waals surface area contributed by atoms with E-state index in [0.717, 1.165) is 11.4 Å². The number of rotatable bonds is 5. The molecule has 2 aromatic rings. The number of hydrogen-bond acceptors (Lipinski definition) is 4. The minimum absolute atomic E-state index is 0.0184. The summed E-state index contributed by atoms with van der Waals surface area (Å²) in [5.41, 5.74) is 1.17. The molecule has 1 amide bonds. The van der Waals surface area contributed by atoms with Gasteiger partial charge in [-0.25, -0.2) is 0 Å². The predicted octanol–water partition coefficient (Wildman–Crippen LogP) is 3.23. The number of hydrogen-bond donors (Lipinski definition) is 1. The Kier molecular flexibility index (Phi) is 4.63. The first-order chi connectivity index (χ1) is 9.19. The third kappa shape index (κ3) is 3.86. The van der Waals surface area contributed by atoms with E-state index in [1.54, 1.807) is 0 Å². The molecule has 1 heterocycles. The smallest absolute Gasteiger partial charge is 0.226 e. The molecule has 1 N–H and O–H groups in total. The number of amides is 1. The van der Waals surface area contributed by atoms with Crippen LogP contribution in [-0.2, 0) is 11.2 Å². The molecule has 0 saturated carbocycles. The summed E-state index contributed by atoms with van der Waals surface area (Å²) in [5, 5.41) is 12.2. The van der Waals surface area contributed by atoms with Crippen LogP contribution < -0.4 is 5.32 Å². The minimum Gasteiger partial charge on any atom is -0.301 e. The SMILES string of the molecule is CCc1nnc(NC(=O)C[C@H](C)c2ccccc2)s1. The van der Waals surface area contributed by atoms with Crippen LogP contribution in [0.5, 0.6) is 0 Å². The molecule has 0 radical (unpaired) electrons. The van der Waals surface area contributed by atoms with Gasteiger partial charge in [0.05, 0.1) is 0 Å². The Hall–Kier alpha value is -1.75. The van der Waals surface area contributed by atoms with E-state index >= 15 is 0 Å². The van der Waals surface area contributed by atoms with Crippen LogP contribution in [0, 0.1) is 0 Å². The van der Waals surface area contributed by atoms with Crippen molar-refractivity contribution in [3.8, 4) is 0 Å². The van der Waals surface area contributed by atoms with Gasteiger partial charge >= 0.3 is 0 Å². The number of nitrogens with zero attached hydrogens (tertiary/aromatic N) is 2. The van der Waals surface area contributed by atoms with E-state index < -0.39 is 0 Å². The standard InChI is InChI=1S/C14H17N3OS/c1-3-13-16-17-14(19-13)15-12(18)9-10(2)11-7-5-4-6-8-11/h4-8,10H,3,9H2,1-2H3,(H,15,17,18)/t10-/m0/s1. The molecular weight excluding hydrogens is 258 g/mol. The van der Waals surface area contributed by atoms with Crippen LogP contribution in [0.4, 0.5) is 5.13 Å². The topological polar surface area (TPSA) is 54.9 Å². The molecule has 0 unspecified atom stereocenters. The van der Waals surface area contributed by atoms with Gasteiger partial charge in [-0.15, -0.1) is 10.2 Å². The second kappa shape index (κ2) is 6.43. The van der Waals surface area contributed by atoms with Crippen molar-refractivity contribution in [2.24, 2.45) is 0 Å². The van der Waals surface area contributed by atoms with Crippen LogP contribution in [0.25, 0.3) is 0 Å². The zero-order valence-electron chi connectivity index (χ0n) is 11.1. The summed E-state index contributed by atoms with van der Waals surface area (Å²) >= 11 is 1.43. The van der Waals surface area contributed by atoms with Gasteiger partial charge in [0.15, 0.2) is 0 Å². The molecule has 1 atom stereocenters. The molecular formula is C14H17N3OS. The van der Waals surface area contributed by atoms with Crippen LogP contribution in [-0.4, -0.2) is 16.1 Å². The quantitative estimate of drug-likeness (QED) is 0.911. The van der Waals surface area contributed by atoms with Gasteiger partial charge in [0.25, 0.3) is 0 Å². The normalized spacial score (nSPS) is 12.1. The van der Waals surface area contributed by atoms with Gasteiger partial charge in [0.2, 0.25) is 11.0 Å². The van der Waals surface area contributed by atoms with Gasteiger partial charge in [-0.3, -0.25) is 4.79 Å². The van der Waals surface area contributed by atoms with E-state index in [-0.39, 0.29) is 11.8 Å². The molecule has 1 aromatic carbocycles. The molecule has 5 heteroatoms. The van der Waals surface area contributed by atoms with Crippen LogP contribution in [0.15, 0.2) is 30.3 Å². The lowest BCUT2D eigenvalue weighted by Crippen LogP contribution is -2.14. The van der Waals surface area contributed by atoms with Crippen molar-refractivity contribution < 1.29 is 4.79 Å². The van der Waals surface area contributed by atoms with Crippen molar-refractivity contribution in [2.75, 3.05) is 5.32 Å². The molecule has 0 fully saturated rings. The van der Waals surface area contributed by atoms with Gasteiger partial charge in [-0.05, 0) is 17.9 Å². The molecule has 0 spiro atoms. The molecule has 1 aromatic heterocycles. The summed E-state index contributed by atoms with van der Waals surface area (Å²) in [4.78, 5) is 11.9. The monoisotopic (exact) mass is 275 g/mol. The van der Waals surface area contributed by atoms with Gasteiger partial charge in [-0.1, -0.05) is 55.5 Å². The Morgan fingerprint density at radius 2 is 2.05 bits per heavy atom. The molecule has 0 bridgehead atoms. The Balaban J connectivity index is 1.91. The number of carbonyl (C=O) groups is 1. The van der Waals surface area contributed by atoms with E-state index in [2.05, 4.69) is 15.5 Å². The molecule has 0 aliphatic heterocycles. The van der Waals surface area contributed by atoms with Crippen molar-refractivity contribution in [3.05, 3.63) is 40.9 Å². The second-order valence-electron chi connectivity index (χ2n) is 4.42. The molecule has 2 rings (SSSR count).